The zero-order chi connectivity index (χ0) is 17.1. The first-order chi connectivity index (χ1) is 11.5. The van der Waals surface area contributed by atoms with E-state index < -0.39 is 0 Å². The summed E-state index contributed by atoms with van der Waals surface area (Å²) in [4.78, 5) is 28.0. The van der Waals surface area contributed by atoms with Crippen molar-refractivity contribution in [2.24, 2.45) is 0 Å². The van der Waals surface area contributed by atoms with E-state index in [1.54, 1.807) is 17.0 Å². The van der Waals surface area contributed by atoms with Crippen LogP contribution in [-0.2, 0) is 4.79 Å². The van der Waals surface area contributed by atoms with Crippen LogP contribution in [0.3, 0.4) is 0 Å². The van der Waals surface area contributed by atoms with Crippen LogP contribution in [0.5, 0.6) is 0 Å². The van der Waals surface area contributed by atoms with Gasteiger partial charge in [-0.05, 0) is 31.3 Å². The topological polar surface area (TPSA) is 67.9 Å². The first-order valence-electron chi connectivity index (χ1n) is 8.08. The number of piperazine rings is 1. The molecule has 2 aliphatic rings. The highest BCUT2D eigenvalue weighted by Gasteiger charge is 2.32. The largest absolute Gasteiger partial charge is 0.332 e. The first-order valence-corrected chi connectivity index (χ1v) is 8.08. The summed E-state index contributed by atoms with van der Waals surface area (Å²) in [5.74, 6) is -0.418. The van der Waals surface area contributed by atoms with E-state index in [0.29, 0.717) is 12.2 Å². The van der Waals surface area contributed by atoms with E-state index in [2.05, 4.69) is 15.6 Å². The number of nitrogens with one attached hydrogen (secondary N) is 2. The Bertz CT molecular complexity index is 601. The van der Waals surface area contributed by atoms with E-state index in [4.69, 9.17) is 0 Å². The van der Waals surface area contributed by atoms with Crippen LogP contribution in [0.25, 0.3) is 0 Å². The number of likely N-dealkylation sites (N-methyl/N-ethyl adjacent to an activating group) is 1. The molecule has 0 bridgehead atoms. The minimum Gasteiger partial charge on any atom is -0.332 e. The smallest absolute Gasteiger partial charge is 0.329 e. The Labute approximate surface area is 140 Å². The molecule has 0 aromatic heterocycles. The zero-order valence-electron chi connectivity index (χ0n) is 13.7. The van der Waals surface area contributed by atoms with Crippen molar-refractivity contribution in [2.45, 2.75) is 12.5 Å². The molecule has 24 heavy (non-hydrogen) atoms. The third kappa shape index (κ3) is 4.01. The number of halogens is 1. The van der Waals surface area contributed by atoms with Gasteiger partial charge in [0.1, 0.15) is 5.82 Å². The minimum atomic E-state index is -0.341. The van der Waals surface area contributed by atoms with Crippen LogP contribution in [-0.4, -0.2) is 67.7 Å². The Morgan fingerprint density at radius 2 is 1.83 bits per heavy atom. The lowest BCUT2D eigenvalue weighted by atomic mass is 10.2. The summed E-state index contributed by atoms with van der Waals surface area (Å²) >= 11 is 0. The molecule has 3 amide bonds. The first kappa shape index (κ1) is 16.7. The summed E-state index contributed by atoms with van der Waals surface area (Å²) in [5, 5.41) is 4.72. The fourth-order valence-corrected chi connectivity index (χ4v) is 2.95. The average Bonchev–Trinajstić information content (AvgIpc) is 2.90. The van der Waals surface area contributed by atoms with Crippen LogP contribution in [0.2, 0.25) is 0 Å². The molecule has 8 heteroatoms. The maximum Gasteiger partial charge on any atom is 0.329 e. The number of urea groups is 1. The van der Waals surface area contributed by atoms with E-state index in [1.165, 1.54) is 12.1 Å². The molecule has 2 aliphatic heterocycles. The highest BCUT2D eigenvalue weighted by atomic mass is 19.1. The van der Waals surface area contributed by atoms with Gasteiger partial charge >= 0.3 is 6.03 Å². The van der Waals surface area contributed by atoms with Gasteiger partial charge in [-0.25, -0.2) is 14.2 Å². The molecule has 1 aromatic carbocycles. The van der Waals surface area contributed by atoms with Crippen molar-refractivity contribution in [1.82, 2.24) is 20.7 Å². The highest BCUT2D eigenvalue weighted by Crippen LogP contribution is 2.21. The Balaban J connectivity index is 1.50. The van der Waals surface area contributed by atoms with Crippen molar-refractivity contribution in [1.29, 1.82) is 0 Å². The van der Waals surface area contributed by atoms with Crippen molar-refractivity contribution < 1.29 is 14.0 Å². The normalized spacial score (nSPS) is 22.7. The second-order valence-corrected chi connectivity index (χ2v) is 6.26. The van der Waals surface area contributed by atoms with Crippen LogP contribution in [0, 0.1) is 5.82 Å². The molecule has 2 heterocycles. The summed E-state index contributed by atoms with van der Waals surface area (Å²) in [5.41, 5.74) is 3.46. The number of anilines is 1. The standard InChI is InChI=1S/C16H22FN5O2/c1-20-6-8-21(9-7-20)19-16(24)18-13-10-15(23)22(11-13)14-4-2-12(17)3-5-14/h2-5,13H,6-11H2,1H3,(H2,18,19,24)/t13-/m1/s1. The number of benzene rings is 1. The van der Waals surface area contributed by atoms with Crippen LogP contribution in [0.15, 0.2) is 24.3 Å². The molecule has 0 radical (unpaired) electrons. The van der Waals surface area contributed by atoms with Crippen LogP contribution >= 0.6 is 0 Å². The monoisotopic (exact) mass is 335 g/mol. The summed E-state index contributed by atoms with van der Waals surface area (Å²) in [6.07, 6.45) is 0.244. The molecular weight excluding hydrogens is 313 g/mol. The van der Waals surface area contributed by atoms with Gasteiger partial charge in [0.25, 0.3) is 0 Å². The fraction of sp³-hybridized carbons (Fsp3) is 0.500. The van der Waals surface area contributed by atoms with Gasteiger partial charge in [-0.3, -0.25) is 10.2 Å². The molecule has 3 rings (SSSR count). The SMILES string of the molecule is CN1CCN(NC(=O)N[C@@H]2CC(=O)N(c3ccc(F)cc3)C2)CC1. The van der Waals surface area contributed by atoms with Crippen molar-refractivity contribution in [3.8, 4) is 0 Å². The average molecular weight is 335 g/mol. The molecule has 0 saturated carbocycles. The van der Waals surface area contributed by atoms with Crippen LogP contribution < -0.4 is 15.6 Å². The number of carbonyl (C=O) groups is 2. The third-order valence-corrected chi connectivity index (χ3v) is 4.36. The van der Waals surface area contributed by atoms with Gasteiger partial charge in [-0.15, -0.1) is 0 Å². The van der Waals surface area contributed by atoms with Crippen molar-refractivity contribution in [2.75, 3.05) is 44.7 Å². The van der Waals surface area contributed by atoms with Crippen molar-refractivity contribution >= 4 is 17.6 Å². The van der Waals surface area contributed by atoms with Gasteiger partial charge in [0, 0.05) is 44.8 Å². The number of hydrazine groups is 1. The Hall–Kier alpha value is -2.19. The molecule has 130 valence electrons. The summed E-state index contributed by atoms with van der Waals surface area (Å²) in [6, 6.07) is 5.24. The van der Waals surface area contributed by atoms with Crippen LogP contribution in [0.1, 0.15) is 6.42 Å². The molecule has 2 N–H and O–H groups in total. The maximum atomic E-state index is 13.0. The van der Waals surface area contributed by atoms with Gasteiger partial charge in [0.2, 0.25) is 5.91 Å². The van der Waals surface area contributed by atoms with Crippen molar-refractivity contribution in [3.63, 3.8) is 0 Å². The lowest BCUT2D eigenvalue weighted by Gasteiger charge is -2.32. The highest BCUT2D eigenvalue weighted by molar-refractivity contribution is 5.96. The number of hydrogen-bond donors (Lipinski definition) is 2. The van der Waals surface area contributed by atoms with E-state index in [9.17, 15) is 14.0 Å². The number of hydrogen-bond acceptors (Lipinski definition) is 4. The quantitative estimate of drug-likeness (QED) is 0.839. The lowest BCUT2D eigenvalue weighted by Crippen LogP contribution is -2.56. The number of nitrogens with zero attached hydrogens (tertiary/aromatic N) is 3. The molecule has 0 spiro atoms. The Morgan fingerprint density at radius 3 is 2.50 bits per heavy atom. The van der Waals surface area contributed by atoms with E-state index in [-0.39, 0.29) is 30.2 Å². The second-order valence-electron chi connectivity index (χ2n) is 6.26. The molecule has 2 saturated heterocycles. The molecule has 0 aliphatic carbocycles. The van der Waals surface area contributed by atoms with Gasteiger partial charge in [-0.1, -0.05) is 0 Å². The van der Waals surface area contributed by atoms with Crippen molar-refractivity contribution in [3.05, 3.63) is 30.1 Å². The second kappa shape index (κ2) is 7.14. The molecule has 7 nitrogen and oxygen atoms in total. The molecule has 0 unspecified atom stereocenters. The predicted octanol–water partition coefficient (Wildman–Crippen LogP) is 0.393. The number of carbonyl (C=O) groups excluding carboxylic acids is 2. The lowest BCUT2D eigenvalue weighted by molar-refractivity contribution is -0.117. The van der Waals surface area contributed by atoms with Crippen LogP contribution in [0.4, 0.5) is 14.9 Å². The Morgan fingerprint density at radius 1 is 1.17 bits per heavy atom. The van der Waals surface area contributed by atoms with E-state index >= 15 is 0 Å². The maximum absolute atomic E-state index is 13.0. The molecule has 1 atom stereocenters. The molecular formula is C16H22FN5O2. The predicted molar refractivity (Wildman–Crippen MR) is 87.9 cm³/mol. The fourth-order valence-electron chi connectivity index (χ4n) is 2.95. The van der Waals surface area contributed by atoms with Gasteiger partial charge in [0.05, 0.1) is 6.04 Å². The Kier molecular flexibility index (Phi) is 4.96. The van der Waals surface area contributed by atoms with Gasteiger partial charge in [-0.2, -0.15) is 0 Å². The summed E-state index contributed by atoms with van der Waals surface area (Å²) < 4.78 is 13.0. The number of rotatable bonds is 3. The minimum absolute atomic E-state index is 0.0773. The number of amides is 3. The third-order valence-electron chi connectivity index (χ3n) is 4.36. The summed E-state index contributed by atoms with van der Waals surface area (Å²) in [6.45, 7) is 3.74. The summed E-state index contributed by atoms with van der Waals surface area (Å²) in [7, 11) is 2.05. The molecule has 2 fully saturated rings. The molecule has 1 aromatic rings. The van der Waals surface area contributed by atoms with E-state index in [1.807, 2.05) is 12.1 Å². The van der Waals surface area contributed by atoms with Gasteiger partial charge in [0.15, 0.2) is 0 Å². The van der Waals surface area contributed by atoms with Gasteiger partial charge < -0.3 is 15.1 Å². The zero-order valence-corrected chi connectivity index (χ0v) is 13.7. The van der Waals surface area contributed by atoms with E-state index in [0.717, 1.165) is 26.2 Å².